The summed E-state index contributed by atoms with van der Waals surface area (Å²) in [5, 5.41) is 11.9. The first-order chi connectivity index (χ1) is 11.4. The van der Waals surface area contributed by atoms with Crippen LogP contribution in [0.2, 0.25) is 0 Å². The van der Waals surface area contributed by atoms with Gasteiger partial charge in [-0.05, 0) is 44.9 Å². The standard InChI is InChI=1S/C18H26N2O3S/c1-4-20(10-18(22)23)15-8-14(9-15)19-17(21)11-24-16-7-12(2)5-6-13(16)3/h5-7,14-15H,4,8-11H2,1-3H3,(H,19,21)(H,22,23). The van der Waals surface area contributed by atoms with Gasteiger partial charge in [0.05, 0.1) is 12.3 Å². The van der Waals surface area contributed by atoms with E-state index in [-0.39, 0.29) is 24.5 Å². The fourth-order valence-electron chi connectivity index (χ4n) is 2.95. The van der Waals surface area contributed by atoms with Crippen molar-refractivity contribution in [2.24, 2.45) is 0 Å². The van der Waals surface area contributed by atoms with E-state index >= 15 is 0 Å². The average Bonchev–Trinajstić information content (AvgIpc) is 2.49. The first-order valence-corrected chi connectivity index (χ1v) is 9.32. The molecule has 0 radical (unpaired) electrons. The van der Waals surface area contributed by atoms with Crippen LogP contribution in [0.15, 0.2) is 23.1 Å². The van der Waals surface area contributed by atoms with Crippen molar-refractivity contribution in [3.63, 3.8) is 0 Å². The number of carbonyl (C=O) groups is 2. The van der Waals surface area contributed by atoms with E-state index in [1.165, 1.54) is 11.1 Å². The van der Waals surface area contributed by atoms with Crippen molar-refractivity contribution < 1.29 is 14.7 Å². The maximum atomic E-state index is 12.1. The predicted octanol–water partition coefficient (Wildman–Crippen LogP) is 2.45. The summed E-state index contributed by atoms with van der Waals surface area (Å²) in [4.78, 5) is 26.0. The Labute approximate surface area is 147 Å². The molecule has 0 atom stereocenters. The number of carboxylic acid groups (broad SMARTS) is 1. The van der Waals surface area contributed by atoms with Gasteiger partial charge in [-0.25, -0.2) is 0 Å². The number of thioether (sulfide) groups is 1. The maximum Gasteiger partial charge on any atom is 0.317 e. The molecule has 0 heterocycles. The lowest BCUT2D eigenvalue weighted by molar-refractivity contribution is -0.139. The normalized spacial score (nSPS) is 19.8. The molecule has 0 unspecified atom stereocenters. The Morgan fingerprint density at radius 2 is 2.04 bits per heavy atom. The Bertz CT molecular complexity index is 600. The molecular weight excluding hydrogens is 324 g/mol. The molecule has 2 N–H and O–H groups in total. The molecule has 1 amide bonds. The van der Waals surface area contributed by atoms with Gasteiger partial charge in [0.2, 0.25) is 5.91 Å². The van der Waals surface area contributed by atoms with E-state index in [9.17, 15) is 9.59 Å². The predicted molar refractivity (Wildman–Crippen MR) is 96.5 cm³/mol. The third-order valence-corrected chi connectivity index (χ3v) is 5.60. The second-order valence-corrected chi connectivity index (χ2v) is 7.42. The van der Waals surface area contributed by atoms with Gasteiger partial charge < -0.3 is 10.4 Å². The first kappa shape index (κ1) is 18.8. The minimum atomic E-state index is -0.797. The van der Waals surface area contributed by atoms with Gasteiger partial charge in [-0.3, -0.25) is 14.5 Å². The van der Waals surface area contributed by atoms with E-state index < -0.39 is 5.97 Å². The molecule has 1 fully saturated rings. The molecule has 1 aromatic carbocycles. The molecule has 132 valence electrons. The lowest BCUT2D eigenvalue weighted by Crippen LogP contribution is -2.55. The molecule has 1 saturated carbocycles. The topological polar surface area (TPSA) is 69.6 Å². The number of nitrogens with zero attached hydrogens (tertiary/aromatic N) is 1. The number of hydrogen-bond donors (Lipinski definition) is 2. The highest BCUT2D eigenvalue weighted by Crippen LogP contribution is 2.27. The number of rotatable bonds is 8. The molecule has 1 aromatic rings. The van der Waals surface area contributed by atoms with Crippen LogP contribution in [0.4, 0.5) is 0 Å². The van der Waals surface area contributed by atoms with Crippen molar-refractivity contribution in [1.29, 1.82) is 0 Å². The quantitative estimate of drug-likeness (QED) is 0.705. The third kappa shape index (κ3) is 5.24. The van der Waals surface area contributed by atoms with Gasteiger partial charge in [-0.15, -0.1) is 11.8 Å². The Hall–Kier alpha value is -1.53. The van der Waals surface area contributed by atoms with Crippen molar-refractivity contribution in [3.05, 3.63) is 29.3 Å². The maximum absolute atomic E-state index is 12.1. The largest absolute Gasteiger partial charge is 0.480 e. The van der Waals surface area contributed by atoms with Crippen LogP contribution in [-0.2, 0) is 9.59 Å². The zero-order valence-corrected chi connectivity index (χ0v) is 15.4. The van der Waals surface area contributed by atoms with Crippen molar-refractivity contribution in [2.75, 3.05) is 18.8 Å². The second kappa shape index (κ2) is 8.53. The number of aliphatic carboxylic acids is 1. The van der Waals surface area contributed by atoms with Gasteiger partial charge in [0.25, 0.3) is 0 Å². The summed E-state index contributed by atoms with van der Waals surface area (Å²) in [5.41, 5.74) is 2.39. The van der Waals surface area contributed by atoms with Crippen molar-refractivity contribution in [1.82, 2.24) is 10.2 Å². The van der Waals surface area contributed by atoms with Crippen molar-refractivity contribution >= 4 is 23.6 Å². The van der Waals surface area contributed by atoms with Gasteiger partial charge in [-0.1, -0.05) is 24.6 Å². The van der Waals surface area contributed by atoms with Crippen LogP contribution in [-0.4, -0.2) is 52.8 Å². The summed E-state index contributed by atoms with van der Waals surface area (Å²) in [6.07, 6.45) is 1.67. The highest BCUT2D eigenvalue weighted by Gasteiger charge is 2.34. The molecule has 0 saturated heterocycles. The molecule has 0 aliphatic heterocycles. The Balaban J connectivity index is 1.73. The number of nitrogens with one attached hydrogen (secondary N) is 1. The molecule has 6 heteroatoms. The number of likely N-dealkylation sites (N-methyl/N-ethyl adjacent to an activating group) is 1. The zero-order chi connectivity index (χ0) is 17.7. The van der Waals surface area contributed by atoms with Crippen LogP contribution < -0.4 is 5.32 Å². The molecule has 5 nitrogen and oxygen atoms in total. The highest BCUT2D eigenvalue weighted by molar-refractivity contribution is 8.00. The van der Waals surface area contributed by atoms with Gasteiger partial charge in [0.15, 0.2) is 0 Å². The highest BCUT2D eigenvalue weighted by atomic mass is 32.2. The minimum absolute atomic E-state index is 0.0469. The summed E-state index contributed by atoms with van der Waals surface area (Å²) in [7, 11) is 0. The van der Waals surface area contributed by atoms with Gasteiger partial charge >= 0.3 is 5.97 Å². The molecule has 24 heavy (non-hydrogen) atoms. The summed E-state index contributed by atoms with van der Waals surface area (Å²) < 4.78 is 0. The van der Waals surface area contributed by atoms with E-state index in [1.54, 1.807) is 11.8 Å². The summed E-state index contributed by atoms with van der Waals surface area (Å²) in [6, 6.07) is 6.70. The number of carbonyl (C=O) groups excluding carboxylic acids is 1. The number of benzene rings is 1. The SMILES string of the molecule is CCN(CC(=O)O)C1CC(NC(=O)CSc2cc(C)ccc2C)C1. The Morgan fingerprint density at radius 1 is 1.33 bits per heavy atom. The fraction of sp³-hybridized carbons (Fsp3) is 0.556. The van der Waals surface area contributed by atoms with E-state index in [2.05, 4.69) is 37.4 Å². The molecule has 0 spiro atoms. The van der Waals surface area contributed by atoms with E-state index in [1.807, 2.05) is 11.8 Å². The van der Waals surface area contributed by atoms with Crippen LogP contribution in [0.5, 0.6) is 0 Å². The van der Waals surface area contributed by atoms with Gasteiger partial charge in [0, 0.05) is 17.0 Å². The monoisotopic (exact) mass is 350 g/mol. The number of hydrogen-bond acceptors (Lipinski definition) is 4. The van der Waals surface area contributed by atoms with Crippen molar-refractivity contribution in [3.8, 4) is 0 Å². The summed E-state index contributed by atoms with van der Waals surface area (Å²) in [5.74, 6) is -0.335. The van der Waals surface area contributed by atoms with E-state index in [0.29, 0.717) is 5.75 Å². The number of amides is 1. The average molecular weight is 350 g/mol. The van der Waals surface area contributed by atoms with Crippen LogP contribution in [0.3, 0.4) is 0 Å². The van der Waals surface area contributed by atoms with Crippen molar-refractivity contribution in [2.45, 2.75) is 50.6 Å². The van der Waals surface area contributed by atoms with Crippen LogP contribution >= 0.6 is 11.8 Å². The van der Waals surface area contributed by atoms with Crippen LogP contribution in [0.25, 0.3) is 0 Å². The summed E-state index contributed by atoms with van der Waals surface area (Å²) >= 11 is 1.57. The van der Waals surface area contributed by atoms with Gasteiger partial charge in [-0.2, -0.15) is 0 Å². The van der Waals surface area contributed by atoms with E-state index in [4.69, 9.17) is 5.11 Å². The molecule has 0 aromatic heterocycles. The molecule has 2 rings (SSSR count). The van der Waals surface area contributed by atoms with Crippen LogP contribution in [0.1, 0.15) is 30.9 Å². The first-order valence-electron chi connectivity index (χ1n) is 8.34. The van der Waals surface area contributed by atoms with Gasteiger partial charge in [0.1, 0.15) is 0 Å². The lowest BCUT2D eigenvalue weighted by Gasteiger charge is -2.42. The third-order valence-electron chi connectivity index (χ3n) is 4.44. The summed E-state index contributed by atoms with van der Waals surface area (Å²) in [6.45, 7) is 6.87. The molecule has 1 aliphatic carbocycles. The smallest absolute Gasteiger partial charge is 0.317 e. The van der Waals surface area contributed by atoms with E-state index in [0.717, 1.165) is 24.3 Å². The number of aryl methyl sites for hydroxylation is 2. The number of carboxylic acids is 1. The fourth-order valence-corrected chi connectivity index (χ4v) is 3.89. The zero-order valence-electron chi connectivity index (χ0n) is 14.5. The Kier molecular flexibility index (Phi) is 6.69. The molecule has 0 bridgehead atoms. The Morgan fingerprint density at radius 3 is 2.67 bits per heavy atom. The molecular formula is C18H26N2O3S. The molecule has 1 aliphatic rings. The minimum Gasteiger partial charge on any atom is -0.480 e. The lowest BCUT2D eigenvalue weighted by atomic mass is 9.85. The van der Waals surface area contributed by atoms with Crippen LogP contribution in [0, 0.1) is 13.8 Å². The second-order valence-electron chi connectivity index (χ2n) is 6.40.